The fourth-order valence-electron chi connectivity index (χ4n) is 4.75. The molecule has 1 aliphatic heterocycles. The van der Waals surface area contributed by atoms with Crippen LogP contribution in [0.1, 0.15) is 55.6 Å². The summed E-state index contributed by atoms with van der Waals surface area (Å²) in [5.41, 5.74) is 2.67. The highest BCUT2D eigenvalue weighted by molar-refractivity contribution is 7.99. The zero-order valence-electron chi connectivity index (χ0n) is 20.4. The van der Waals surface area contributed by atoms with Gasteiger partial charge in [-0.25, -0.2) is 9.97 Å². The molecule has 0 aromatic carbocycles. The first-order valence-electron chi connectivity index (χ1n) is 12.2. The van der Waals surface area contributed by atoms with Crippen LogP contribution in [-0.4, -0.2) is 41.0 Å². The Morgan fingerprint density at radius 1 is 1.24 bits per heavy atom. The number of hydrogen-bond donors (Lipinski definition) is 2. The van der Waals surface area contributed by atoms with E-state index in [0.29, 0.717) is 28.1 Å². The lowest BCUT2D eigenvalue weighted by molar-refractivity contribution is -0.116. The van der Waals surface area contributed by atoms with Crippen LogP contribution >= 0.6 is 23.1 Å². The average Bonchev–Trinajstić information content (AvgIpc) is 3.66. The quantitative estimate of drug-likeness (QED) is 0.362. The van der Waals surface area contributed by atoms with E-state index < -0.39 is 0 Å². The molecule has 0 radical (unpaired) electrons. The summed E-state index contributed by atoms with van der Waals surface area (Å²) < 4.78 is 3.14. The lowest BCUT2D eigenvalue weighted by Crippen LogP contribution is -2.30. The predicted molar refractivity (Wildman–Crippen MR) is 143 cm³/mol. The van der Waals surface area contributed by atoms with Gasteiger partial charge in [0.25, 0.3) is 11.1 Å². The van der Waals surface area contributed by atoms with Crippen molar-refractivity contribution in [3.8, 4) is 16.5 Å². The van der Waals surface area contributed by atoms with Crippen LogP contribution in [0.15, 0.2) is 44.4 Å². The summed E-state index contributed by atoms with van der Waals surface area (Å²) in [5, 5.41) is 10.2. The van der Waals surface area contributed by atoms with Crippen molar-refractivity contribution in [3.05, 3.63) is 67.3 Å². The molecule has 0 fully saturated rings. The average molecular weight is 536 g/mol. The van der Waals surface area contributed by atoms with Crippen LogP contribution in [0.5, 0.6) is 0 Å². The van der Waals surface area contributed by atoms with Gasteiger partial charge in [-0.15, -0.1) is 11.3 Å². The molecule has 12 heteroatoms. The third kappa shape index (κ3) is 4.44. The SMILES string of the molecule is CC(C)c1cc(=O)[nH]c(-n2nc(-c3cccs3)cc2NC(=O)CC2CSc3nc4c(c(=O)n32)CCC4)n1. The Balaban J connectivity index is 1.32. The maximum absolute atomic E-state index is 13.3. The van der Waals surface area contributed by atoms with Crippen LogP contribution in [0.25, 0.3) is 16.5 Å². The normalized spacial score (nSPS) is 16.2. The van der Waals surface area contributed by atoms with E-state index in [2.05, 4.69) is 20.4 Å². The lowest BCUT2D eigenvalue weighted by Gasteiger charge is -2.15. The van der Waals surface area contributed by atoms with Gasteiger partial charge < -0.3 is 5.32 Å². The van der Waals surface area contributed by atoms with Gasteiger partial charge in [0, 0.05) is 29.9 Å². The molecule has 10 nitrogen and oxygen atoms in total. The second-order valence-electron chi connectivity index (χ2n) is 9.52. The summed E-state index contributed by atoms with van der Waals surface area (Å²) in [6, 6.07) is 6.82. The molecular formula is C25H25N7O3S2. The third-order valence-corrected chi connectivity index (χ3v) is 8.57. The van der Waals surface area contributed by atoms with Gasteiger partial charge in [-0.2, -0.15) is 9.78 Å². The number of anilines is 1. The minimum absolute atomic E-state index is 0.0161. The number of thioether (sulfide) groups is 1. The predicted octanol–water partition coefficient (Wildman–Crippen LogP) is 3.53. The monoisotopic (exact) mass is 535 g/mol. The molecule has 4 aromatic rings. The van der Waals surface area contributed by atoms with Crippen molar-refractivity contribution < 1.29 is 4.79 Å². The number of nitrogens with one attached hydrogen (secondary N) is 2. The largest absolute Gasteiger partial charge is 0.310 e. The number of aryl methyl sites for hydroxylation is 1. The maximum Gasteiger partial charge on any atom is 0.257 e. The van der Waals surface area contributed by atoms with Gasteiger partial charge in [0.1, 0.15) is 11.5 Å². The summed E-state index contributed by atoms with van der Waals surface area (Å²) >= 11 is 3.04. The maximum atomic E-state index is 13.3. The number of fused-ring (bicyclic) bond motifs is 2. The second kappa shape index (κ2) is 9.42. The van der Waals surface area contributed by atoms with E-state index in [-0.39, 0.29) is 41.4 Å². The number of H-pyrrole nitrogens is 1. The van der Waals surface area contributed by atoms with Gasteiger partial charge in [-0.1, -0.05) is 31.7 Å². The molecule has 190 valence electrons. The number of aromatic nitrogens is 6. The fraction of sp³-hybridized carbons (Fsp3) is 0.360. The molecule has 1 unspecified atom stereocenters. The number of carbonyl (C=O) groups excluding carboxylic acids is 1. The Morgan fingerprint density at radius 2 is 2.11 bits per heavy atom. The first-order valence-corrected chi connectivity index (χ1v) is 14.1. The Hall–Kier alpha value is -3.51. The van der Waals surface area contributed by atoms with Crippen molar-refractivity contribution in [2.75, 3.05) is 11.1 Å². The molecule has 1 aliphatic carbocycles. The van der Waals surface area contributed by atoms with Crippen molar-refractivity contribution in [1.82, 2.24) is 29.3 Å². The number of hydrogen-bond acceptors (Lipinski definition) is 8. The van der Waals surface area contributed by atoms with E-state index in [1.54, 1.807) is 10.6 Å². The van der Waals surface area contributed by atoms with E-state index >= 15 is 0 Å². The smallest absolute Gasteiger partial charge is 0.257 e. The molecule has 1 amide bonds. The number of aromatic amines is 1. The number of nitrogens with zero attached hydrogens (tertiary/aromatic N) is 5. The minimum Gasteiger partial charge on any atom is -0.310 e. The Bertz CT molecular complexity index is 1620. The van der Waals surface area contributed by atoms with Crippen LogP contribution in [0, 0.1) is 0 Å². The zero-order chi connectivity index (χ0) is 25.7. The van der Waals surface area contributed by atoms with Crippen molar-refractivity contribution in [2.45, 2.75) is 56.6 Å². The highest BCUT2D eigenvalue weighted by Crippen LogP contribution is 2.34. The van der Waals surface area contributed by atoms with Gasteiger partial charge in [-0.3, -0.25) is 23.9 Å². The molecule has 6 rings (SSSR count). The molecule has 5 heterocycles. The molecule has 0 saturated heterocycles. The van der Waals surface area contributed by atoms with Crippen molar-refractivity contribution in [2.24, 2.45) is 0 Å². The van der Waals surface area contributed by atoms with Crippen molar-refractivity contribution in [3.63, 3.8) is 0 Å². The Labute approximate surface area is 220 Å². The first kappa shape index (κ1) is 23.9. The van der Waals surface area contributed by atoms with E-state index in [9.17, 15) is 14.4 Å². The van der Waals surface area contributed by atoms with Crippen LogP contribution in [0.3, 0.4) is 0 Å². The number of amides is 1. The van der Waals surface area contributed by atoms with Gasteiger partial charge in [0.2, 0.25) is 11.9 Å². The number of carbonyl (C=O) groups is 1. The first-order chi connectivity index (χ1) is 17.9. The zero-order valence-corrected chi connectivity index (χ0v) is 22.0. The molecular weight excluding hydrogens is 510 g/mol. The lowest BCUT2D eigenvalue weighted by atomic mass is 10.1. The van der Waals surface area contributed by atoms with Crippen molar-refractivity contribution in [1.29, 1.82) is 0 Å². The van der Waals surface area contributed by atoms with Crippen LogP contribution < -0.4 is 16.4 Å². The fourth-order valence-corrected chi connectivity index (χ4v) is 6.58. The molecule has 4 aromatic heterocycles. The van der Waals surface area contributed by atoms with Gasteiger partial charge in [0.05, 0.1) is 22.3 Å². The van der Waals surface area contributed by atoms with E-state index in [4.69, 9.17) is 4.98 Å². The molecule has 2 N–H and O–H groups in total. The van der Waals surface area contributed by atoms with E-state index in [0.717, 1.165) is 35.4 Å². The molecule has 2 aliphatic rings. The van der Waals surface area contributed by atoms with E-state index in [1.807, 2.05) is 31.4 Å². The minimum atomic E-state index is -0.293. The standard InChI is InChI=1S/C25H25N7O3S2/c1-13(2)17-11-22(34)29-24(26-17)32-20(10-18(30-32)19-7-4-8-36-19)28-21(33)9-14-12-37-25-27-16-6-3-5-15(16)23(35)31(14)25/h4,7-8,10-11,13-14H,3,5-6,9,12H2,1-2H3,(H,28,33)(H,26,29,34). The summed E-state index contributed by atoms with van der Waals surface area (Å²) in [6.45, 7) is 3.91. The molecule has 1 atom stereocenters. The van der Waals surface area contributed by atoms with Gasteiger partial charge >= 0.3 is 0 Å². The highest BCUT2D eigenvalue weighted by atomic mass is 32.2. The topological polar surface area (TPSA) is 128 Å². The second-order valence-corrected chi connectivity index (χ2v) is 11.5. The van der Waals surface area contributed by atoms with Gasteiger partial charge in [0.15, 0.2) is 5.16 Å². The Morgan fingerprint density at radius 3 is 2.89 bits per heavy atom. The number of rotatable bonds is 6. The summed E-state index contributed by atoms with van der Waals surface area (Å²) in [7, 11) is 0. The highest BCUT2D eigenvalue weighted by Gasteiger charge is 2.31. The molecule has 37 heavy (non-hydrogen) atoms. The summed E-state index contributed by atoms with van der Waals surface area (Å²) in [4.78, 5) is 51.7. The van der Waals surface area contributed by atoms with Crippen LogP contribution in [0.2, 0.25) is 0 Å². The third-order valence-electron chi connectivity index (χ3n) is 6.58. The number of thiophene rings is 1. The summed E-state index contributed by atoms with van der Waals surface area (Å²) in [5.74, 6) is 1.02. The molecule has 0 spiro atoms. The Kier molecular flexibility index (Phi) is 6.07. The molecule has 0 saturated carbocycles. The van der Waals surface area contributed by atoms with Crippen LogP contribution in [0.4, 0.5) is 5.82 Å². The van der Waals surface area contributed by atoms with Gasteiger partial charge in [-0.05, 0) is 36.6 Å². The van der Waals surface area contributed by atoms with Crippen molar-refractivity contribution >= 4 is 34.8 Å². The van der Waals surface area contributed by atoms with Crippen LogP contribution in [-0.2, 0) is 17.6 Å². The summed E-state index contributed by atoms with van der Waals surface area (Å²) in [6.07, 6.45) is 2.66. The molecule has 0 bridgehead atoms. The van der Waals surface area contributed by atoms with E-state index in [1.165, 1.54) is 33.8 Å².